The Morgan fingerprint density at radius 3 is 2.48 bits per heavy atom. The van der Waals surface area contributed by atoms with Gasteiger partial charge in [0.05, 0.1) is 5.56 Å². The van der Waals surface area contributed by atoms with Gasteiger partial charge in [-0.05, 0) is 57.7 Å². The lowest BCUT2D eigenvalue weighted by Gasteiger charge is -2.31. The Morgan fingerprint density at radius 2 is 1.88 bits per heavy atom. The number of halogens is 1. The van der Waals surface area contributed by atoms with E-state index >= 15 is 0 Å². The highest BCUT2D eigenvalue weighted by molar-refractivity contribution is 6.32. The summed E-state index contributed by atoms with van der Waals surface area (Å²) in [4.78, 5) is 26.9. The number of carbonyl (C=O) groups is 2. The fourth-order valence-electron chi connectivity index (χ4n) is 2.85. The van der Waals surface area contributed by atoms with Gasteiger partial charge in [0.15, 0.2) is 0 Å². The number of nitrogens with zero attached hydrogens (tertiary/aromatic N) is 1. The van der Waals surface area contributed by atoms with Crippen LogP contribution in [0.3, 0.4) is 0 Å². The molecule has 0 unspecified atom stereocenters. The fourth-order valence-corrected chi connectivity index (χ4v) is 2.91. The first-order valence-corrected chi connectivity index (χ1v) is 9.50. The highest BCUT2D eigenvalue weighted by Gasteiger charge is 2.21. The van der Waals surface area contributed by atoms with Crippen molar-refractivity contribution in [3.05, 3.63) is 23.8 Å². The molecular weight excluding hydrogens is 338 g/mol. The standard InChI is InChI=1S/C19H28ClN3O2/c1-4-13(2)21-19(25)16-12-15(22-18(24)14(3)20)8-9-17(16)23-10-6-5-7-11-23/h8-9,12-14H,4-7,10-11H2,1-3H3,(H,21,25)(H,22,24)/t13-,14+/m1/s1. The van der Waals surface area contributed by atoms with Gasteiger partial charge in [-0.25, -0.2) is 0 Å². The fraction of sp³-hybridized carbons (Fsp3) is 0.579. The van der Waals surface area contributed by atoms with Crippen molar-refractivity contribution in [3.63, 3.8) is 0 Å². The molecule has 1 heterocycles. The van der Waals surface area contributed by atoms with E-state index in [2.05, 4.69) is 15.5 Å². The molecule has 1 aromatic carbocycles. The number of alkyl halides is 1. The van der Waals surface area contributed by atoms with Crippen LogP contribution in [0.2, 0.25) is 0 Å². The highest BCUT2D eigenvalue weighted by Crippen LogP contribution is 2.27. The van der Waals surface area contributed by atoms with E-state index in [-0.39, 0.29) is 17.9 Å². The minimum atomic E-state index is -0.626. The third kappa shape index (κ3) is 5.36. The van der Waals surface area contributed by atoms with Crippen LogP contribution in [0.15, 0.2) is 18.2 Å². The van der Waals surface area contributed by atoms with Gasteiger partial charge in [-0.1, -0.05) is 6.92 Å². The number of hydrogen-bond acceptors (Lipinski definition) is 3. The maximum atomic E-state index is 12.8. The van der Waals surface area contributed by atoms with E-state index in [1.165, 1.54) is 6.42 Å². The molecule has 1 aromatic rings. The molecule has 1 fully saturated rings. The molecule has 0 aliphatic carbocycles. The summed E-state index contributed by atoms with van der Waals surface area (Å²) in [5.41, 5.74) is 2.12. The zero-order valence-corrected chi connectivity index (χ0v) is 16.0. The van der Waals surface area contributed by atoms with Crippen molar-refractivity contribution >= 4 is 34.8 Å². The molecular formula is C19H28ClN3O2. The van der Waals surface area contributed by atoms with Crippen molar-refractivity contribution in [2.24, 2.45) is 0 Å². The Hall–Kier alpha value is -1.75. The summed E-state index contributed by atoms with van der Waals surface area (Å²) in [6.07, 6.45) is 4.36. The molecule has 25 heavy (non-hydrogen) atoms. The van der Waals surface area contributed by atoms with Gasteiger partial charge in [-0.2, -0.15) is 0 Å². The minimum Gasteiger partial charge on any atom is -0.371 e. The topological polar surface area (TPSA) is 61.4 Å². The smallest absolute Gasteiger partial charge is 0.253 e. The van der Waals surface area contributed by atoms with E-state index in [4.69, 9.17) is 11.6 Å². The maximum absolute atomic E-state index is 12.8. The lowest BCUT2D eigenvalue weighted by atomic mass is 10.1. The largest absolute Gasteiger partial charge is 0.371 e. The number of benzene rings is 1. The predicted octanol–water partition coefficient (Wildman–Crippen LogP) is 3.77. The van der Waals surface area contributed by atoms with Crippen LogP contribution in [0.25, 0.3) is 0 Å². The first kappa shape index (κ1) is 19.6. The third-order valence-corrected chi connectivity index (χ3v) is 4.75. The quantitative estimate of drug-likeness (QED) is 0.754. The zero-order chi connectivity index (χ0) is 18.4. The molecule has 0 saturated carbocycles. The molecule has 1 aliphatic rings. The van der Waals surface area contributed by atoms with Gasteiger partial charge >= 0.3 is 0 Å². The van der Waals surface area contributed by atoms with Crippen LogP contribution in [-0.4, -0.2) is 36.3 Å². The van der Waals surface area contributed by atoms with Crippen LogP contribution >= 0.6 is 11.6 Å². The lowest BCUT2D eigenvalue weighted by molar-refractivity contribution is -0.115. The van der Waals surface area contributed by atoms with Crippen LogP contribution in [0.5, 0.6) is 0 Å². The molecule has 0 radical (unpaired) electrons. The Labute approximate surface area is 155 Å². The van der Waals surface area contributed by atoms with E-state index in [1.807, 2.05) is 26.0 Å². The van der Waals surface area contributed by atoms with Crippen molar-refractivity contribution < 1.29 is 9.59 Å². The van der Waals surface area contributed by atoms with E-state index in [0.29, 0.717) is 11.3 Å². The van der Waals surface area contributed by atoms with Gasteiger partial charge in [0.1, 0.15) is 5.38 Å². The van der Waals surface area contributed by atoms with E-state index < -0.39 is 5.38 Å². The van der Waals surface area contributed by atoms with Crippen molar-refractivity contribution in [2.45, 2.75) is 57.9 Å². The van der Waals surface area contributed by atoms with Crippen molar-refractivity contribution in [1.82, 2.24) is 5.32 Å². The molecule has 1 aliphatic heterocycles. The van der Waals surface area contributed by atoms with Gasteiger partial charge in [-0.3, -0.25) is 9.59 Å². The Morgan fingerprint density at radius 1 is 1.20 bits per heavy atom. The summed E-state index contributed by atoms with van der Waals surface area (Å²) in [5.74, 6) is -0.384. The van der Waals surface area contributed by atoms with Gasteiger partial charge in [-0.15, -0.1) is 11.6 Å². The molecule has 0 bridgehead atoms. The van der Waals surface area contributed by atoms with E-state index in [0.717, 1.165) is 38.0 Å². The Kier molecular flexibility index (Phi) is 7.12. The van der Waals surface area contributed by atoms with Crippen molar-refractivity contribution in [3.8, 4) is 0 Å². The number of piperidine rings is 1. The second kappa shape index (κ2) is 9.09. The first-order chi connectivity index (χ1) is 11.9. The van der Waals surface area contributed by atoms with Gasteiger partial charge in [0.25, 0.3) is 5.91 Å². The highest BCUT2D eigenvalue weighted by atomic mass is 35.5. The van der Waals surface area contributed by atoms with E-state index in [1.54, 1.807) is 13.0 Å². The number of hydrogen-bond donors (Lipinski definition) is 2. The summed E-state index contributed by atoms with van der Waals surface area (Å²) in [5, 5.41) is 5.16. The number of anilines is 2. The molecule has 0 aromatic heterocycles. The zero-order valence-electron chi connectivity index (χ0n) is 15.3. The van der Waals surface area contributed by atoms with Crippen LogP contribution in [0.4, 0.5) is 11.4 Å². The second-order valence-corrected chi connectivity index (χ2v) is 7.32. The molecule has 2 amide bonds. The monoisotopic (exact) mass is 365 g/mol. The third-order valence-electron chi connectivity index (χ3n) is 4.56. The maximum Gasteiger partial charge on any atom is 0.253 e. The molecule has 2 rings (SSSR count). The number of rotatable bonds is 6. The van der Waals surface area contributed by atoms with Crippen LogP contribution in [0.1, 0.15) is 56.8 Å². The molecule has 2 N–H and O–H groups in total. The average Bonchev–Trinajstić information content (AvgIpc) is 2.62. The number of nitrogens with one attached hydrogen (secondary N) is 2. The summed E-state index contributed by atoms with van der Waals surface area (Å²) in [6.45, 7) is 7.55. The lowest BCUT2D eigenvalue weighted by Crippen LogP contribution is -2.35. The summed E-state index contributed by atoms with van der Waals surface area (Å²) in [7, 11) is 0. The van der Waals surface area contributed by atoms with Gasteiger partial charge in [0.2, 0.25) is 5.91 Å². The van der Waals surface area contributed by atoms with Gasteiger partial charge in [0, 0.05) is 30.5 Å². The summed E-state index contributed by atoms with van der Waals surface area (Å²) in [6, 6.07) is 5.61. The molecule has 1 saturated heterocycles. The summed E-state index contributed by atoms with van der Waals surface area (Å²) < 4.78 is 0. The predicted molar refractivity (Wildman–Crippen MR) is 104 cm³/mol. The van der Waals surface area contributed by atoms with Gasteiger partial charge < -0.3 is 15.5 Å². The molecule has 5 nitrogen and oxygen atoms in total. The average molecular weight is 366 g/mol. The number of carbonyl (C=O) groups excluding carboxylic acids is 2. The minimum absolute atomic E-state index is 0.0998. The van der Waals surface area contributed by atoms with Crippen molar-refractivity contribution in [2.75, 3.05) is 23.3 Å². The van der Waals surface area contributed by atoms with Crippen molar-refractivity contribution in [1.29, 1.82) is 0 Å². The SMILES string of the molecule is CC[C@@H](C)NC(=O)c1cc(NC(=O)[C@H](C)Cl)ccc1N1CCCCC1. The van der Waals surface area contributed by atoms with Crippen LogP contribution in [-0.2, 0) is 4.79 Å². The molecule has 2 atom stereocenters. The molecule has 6 heteroatoms. The number of amides is 2. The van der Waals surface area contributed by atoms with Crippen LogP contribution < -0.4 is 15.5 Å². The summed E-state index contributed by atoms with van der Waals surface area (Å²) >= 11 is 5.82. The second-order valence-electron chi connectivity index (χ2n) is 6.67. The van der Waals surface area contributed by atoms with E-state index in [9.17, 15) is 9.59 Å². The Balaban J connectivity index is 2.30. The van der Waals surface area contributed by atoms with Crippen LogP contribution in [0, 0.1) is 0 Å². The molecule has 0 spiro atoms. The normalized spacial score (nSPS) is 16.9. The molecule has 138 valence electrons. The Bertz CT molecular complexity index is 613. The first-order valence-electron chi connectivity index (χ1n) is 9.07.